The molecule has 0 saturated heterocycles. The number of carbonyl (C=O) groups excluding carboxylic acids is 2. The lowest BCUT2D eigenvalue weighted by atomic mass is 10.1. The van der Waals surface area contributed by atoms with Gasteiger partial charge in [0.15, 0.2) is 11.6 Å². The Balaban J connectivity index is 0.000000182. The van der Waals surface area contributed by atoms with E-state index in [4.69, 9.17) is 21.3 Å². The van der Waals surface area contributed by atoms with Gasteiger partial charge >= 0.3 is 11.9 Å². The van der Waals surface area contributed by atoms with Gasteiger partial charge in [-0.05, 0) is 67.9 Å². The number of anilines is 1. The van der Waals surface area contributed by atoms with Crippen molar-refractivity contribution in [2.24, 2.45) is 0 Å². The van der Waals surface area contributed by atoms with Crippen LogP contribution < -0.4 is 5.32 Å². The van der Waals surface area contributed by atoms with Crippen molar-refractivity contribution < 1.29 is 23.5 Å². The van der Waals surface area contributed by atoms with Gasteiger partial charge in [0.1, 0.15) is 26.4 Å². The van der Waals surface area contributed by atoms with Gasteiger partial charge in [-0.1, -0.05) is 48.0 Å². The van der Waals surface area contributed by atoms with Crippen molar-refractivity contribution in [3.63, 3.8) is 0 Å². The van der Waals surface area contributed by atoms with Gasteiger partial charge in [0, 0.05) is 32.8 Å². The van der Waals surface area contributed by atoms with Crippen molar-refractivity contribution in [2.45, 2.75) is 20.4 Å². The predicted octanol–water partition coefficient (Wildman–Crippen LogP) is 9.31. The van der Waals surface area contributed by atoms with E-state index in [9.17, 15) is 14.0 Å². The largest absolute Gasteiger partial charge is 0.465 e. The third-order valence-electron chi connectivity index (χ3n) is 7.49. The maximum atomic E-state index is 13.1. The van der Waals surface area contributed by atoms with Gasteiger partial charge in [0.2, 0.25) is 0 Å². The van der Waals surface area contributed by atoms with E-state index in [1.807, 2.05) is 19.9 Å². The van der Waals surface area contributed by atoms with Gasteiger partial charge in [-0.2, -0.15) is 0 Å². The zero-order valence-electron chi connectivity index (χ0n) is 27.3. The smallest absolute Gasteiger partial charge is 0.337 e. The molecule has 0 amide bonds. The standard InChI is InChI=1S/C22H18FN3O2S.C15H11ClN2O2S/c1-13-11-18-20(24-12-14-3-9-17(23)10-4-14)25-19(26-21(18)29-13)15-5-7-16(8-6-15)22(27)28-2;1-8-7-11-12(16)17-13(18-14(11)21-8)9-3-5-10(6-4-9)15(19)20-2/h3-11H,12H2,1-2H3,(H,24,25,26);3-7H,1-2H3. The van der Waals surface area contributed by atoms with Crippen LogP contribution in [0.5, 0.6) is 0 Å². The lowest BCUT2D eigenvalue weighted by molar-refractivity contribution is 0.0592. The van der Waals surface area contributed by atoms with Crippen LogP contribution in [-0.2, 0) is 16.0 Å². The number of fused-ring (bicyclic) bond motifs is 2. The normalized spacial score (nSPS) is 10.8. The topological polar surface area (TPSA) is 116 Å². The number of rotatable bonds is 7. The summed E-state index contributed by atoms with van der Waals surface area (Å²) in [4.78, 5) is 45.3. The Morgan fingerprint density at radius 3 is 1.70 bits per heavy atom. The van der Waals surface area contributed by atoms with Crippen LogP contribution in [0.25, 0.3) is 43.2 Å². The molecule has 0 atom stereocenters. The monoisotopic (exact) mass is 725 g/mol. The fraction of sp³-hybridized carbons (Fsp3) is 0.135. The van der Waals surface area contributed by atoms with Crippen molar-refractivity contribution >= 4 is 72.5 Å². The first-order chi connectivity index (χ1) is 24.1. The minimum Gasteiger partial charge on any atom is -0.465 e. The summed E-state index contributed by atoms with van der Waals surface area (Å²) in [5, 5.41) is 5.60. The number of nitrogens with zero attached hydrogens (tertiary/aromatic N) is 4. The minimum atomic E-state index is -0.386. The number of methoxy groups -OCH3 is 2. The molecule has 0 spiro atoms. The van der Waals surface area contributed by atoms with Crippen LogP contribution in [0.2, 0.25) is 5.15 Å². The van der Waals surface area contributed by atoms with E-state index >= 15 is 0 Å². The van der Waals surface area contributed by atoms with Crippen LogP contribution in [0.15, 0.2) is 84.9 Å². The van der Waals surface area contributed by atoms with Crippen LogP contribution in [0.4, 0.5) is 10.2 Å². The second kappa shape index (κ2) is 15.1. The predicted molar refractivity (Wildman–Crippen MR) is 197 cm³/mol. The lowest BCUT2D eigenvalue weighted by Gasteiger charge is -2.09. The Morgan fingerprint density at radius 1 is 0.700 bits per heavy atom. The molecule has 252 valence electrons. The maximum absolute atomic E-state index is 13.1. The molecule has 50 heavy (non-hydrogen) atoms. The average Bonchev–Trinajstić information content (AvgIpc) is 3.72. The number of esters is 2. The van der Waals surface area contributed by atoms with Crippen LogP contribution in [0.3, 0.4) is 0 Å². The average molecular weight is 726 g/mol. The summed E-state index contributed by atoms with van der Waals surface area (Å²) in [6.45, 7) is 4.55. The van der Waals surface area contributed by atoms with Gasteiger partial charge in [-0.3, -0.25) is 0 Å². The highest BCUT2D eigenvalue weighted by Crippen LogP contribution is 2.32. The summed E-state index contributed by atoms with van der Waals surface area (Å²) in [5.74, 6) is 0.816. The molecule has 0 saturated carbocycles. The van der Waals surface area contributed by atoms with Crippen molar-refractivity contribution in [3.8, 4) is 22.8 Å². The summed E-state index contributed by atoms with van der Waals surface area (Å²) >= 11 is 9.38. The molecule has 0 unspecified atom stereocenters. The van der Waals surface area contributed by atoms with E-state index in [0.29, 0.717) is 34.5 Å². The molecule has 0 fully saturated rings. The van der Waals surface area contributed by atoms with Crippen molar-refractivity contribution in [2.75, 3.05) is 19.5 Å². The lowest BCUT2D eigenvalue weighted by Crippen LogP contribution is -2.04. The van der Waals surface area contributed by atoms with Crippen LogP contribution in [0, 0.1) is 19.7 Å². The molecule has 1 N–H and O–H groups in total. The van der Waals surface area contributed by atoms with E-state index in [2.05, 4.69) is 31.1 Å². The number of ether oxygens (including phenoxy) is 2. The Hall–Kier alpha value is -5.30. The molecule has 4 heterocycles. The molecule has 13 heteroatoms. The number of thiophene rings is 2. The molecule has 9 nitrogen and oxygen atoms in total. The Bertz CT molecular complexity index is 2330. The van der Waals surface area contributed by atoms with Crippen LogP contribution in [0.1, 0.15) is 36.0 Å². The highest BCUT2D eigenvalue weighted by Gasteiger charge is 2.14. The van der Waals surface area contributed by atoms with Gasteiger partial charge in [-0.15, -0.1) is 22.7 Å². The number of hydrogen-bond donors (Lipinski definition) is 1. The number of aryl methyl sites for hydroxylation is 2. The first-order valence-electron chi connectivity index (χ1n) is 15.2. The molecule has 7 rings (SSSR count). The number of aromatic nitrogens is 4. The van der Waals surface area contributed by atoms with Crippen molar-refractivity contribution in [1.29, 1.82) is 0 Å². The molecule has 4 aromatic heterocycles. The molecule has 0 aliphatic carbocycles. The molecular formula is C37H29ClFN5O4S2. The second-order valence-electron chi connectivity index (χ2n) is 11.0. The zero-order valence-corrected chi connectivity index (χ0v) is 29.7. The SMILES string of the molecule is COC(=O)c1ccc(-c2nc(Cl)c3cc(C)sc3n2)cc1.COC(=O)c1ccc(-c2nc(NCc3ccc(F)cc3)c3cc(C)sc3n2)cc1. The Kier molecular flexibility index (Phi) is 10.4. The third-order valence-corrected chi connectivity index (χ3v) is 9.66. The van der Waals surface area contributed by atoms with E-state index < -0.39 is 0 Å². The van der Waals surface area contributed by atoms with Gasteiger partial charge in [0.05, 0.1) is 30.7 Å². The van der Waals surface area contributed by atoms with Crippen molar-refractivity contribution in [3.05, 3.63) is 122 Å². The number of halogens is 2. The Morgan fingerprint density at radius 2 is 1.18 bits per heavy atom. The molecule has 0 aliphatic rings. The van der Waals surface area contributed by atoms with Gasteiger partial charge in [-0.25, -0.2) is 33.9 Å². The molecule has 0 radical (unpaired) electrons. The molecule has 3 aromatic carbocycles. The number of carbonyl (C=O) groups is 2. The highest BCUT2D eigenvalue weighted by atomic mass is 35.5. The fourth-order valence-corrected chi connectivity index (χ4v) is 7.02. The second-order valence-corrected chi connectivity index (χ2v) is 13.8. The van der Waals surface area contributed by atoms with Gasteiger partial charge < -0.3 is 14.8 Å². The van der Waals surface area contributed by atoms with Gasteiger partial charge in [0.25, 0.3) is 0 Å². The van der Waals surface area contributed by atoms with E-state index in [0.717, 1.165) is 52.7 Å². The molecule has 0 aliphatic heterocycles. The van der Waals surface area contributed by atoms with E-state index in [1.54, 1.807) is 83.3 Å². The van der Waals surface area contributed by atoms with Crippen molar-refractivity contribution in [1.82, 2.24) is 19.9 Å². The summed E-state index contributed by atoms with van der Waals surface area (Å²) < 4.78 is 22.5. The summed E-state index contributed by atoms with van der Waals surface area (Å²) in [5.41, 5.74) is 3.52. The first kappa shape index (κ1) is 34.6. The van der Waals surface area contributed by atoms with Crippen LogP contribution in [-0.4, -0.2) is 46.1 Å². The maximum Gasteiger partial charge on any atom is 0.337 e. The molecular weight excluding hydrogens is 697 g/mol. The minimum absolute atomic E-state index is 0.260. The zero-order chi connectivity index (χ0) is 35.4. The first-order valence-corrected chi connectivity index (χ1v) is 17.2. The molecule has 0 bridgehead atoms. The third kappa shape index (κ3) is 7.78. The highest BCUT2D eigenvalue weighted by molar-refractivity contribution is 7.19. The number of benzene rings is 3. The molecule has 7 aromatic rings. The fourth-order valence-electron chi connectivity index (χ4n) is 4.98. The van der Waals surface area contributed by atoms with E-state index in [-0.39, 0.29) is 17.8 Å². The Labute approximate surface area is 299 Å². The number of hydrogen-bond acceptors (Lipinski definition) is 11. The number of nitrogens with one attached hydrogen (secondary N) is 1. The summed E-state index contributed by atoms with van der Waals surface area (Å²) in [6, 6.07) is 24.3. The van der Waals surface area contributed by atoms with E-state index in [1.165, 1.54) is 26.4 Å². The quantitative estimate of drug-likeness (QED) is 0.127. The summed E-state index contributed by atoms with van der Waals surface area (Å²) in [6.07, 6.45) is 0. The van der Waals surface area contributed by atoms with Crippen LogP contribution >= 0.6 is 34.3 Å². The summed E-state index contributed by atoms with van der Waals surface area (Å²) in [7, 11) is 2.71.